The van der Waals surface area contributed by atoms with Crippen molar-refractivity contribution in [3.63, 3.8) is 0 Å². The highest BCUT2D eigenvalue weighted by molar-refractivity contribution is 5.79. The van der Waals surface area contributed by atoms with E-state index in [1.165, 1.54) is 4.57 Å². The Morgan fingerprint density at radius 2 is 1.74 bits per heavy atom. The Morgan fingerprint density at radius 3 is 2.45 bits per heavy atom. The van der Waals surface area contributed by atoms with Crippen molar-refractivity contribution in [1.29, 1.82) is 0 Å². The molecule has 0 fully saturated rings. The van der Waals surface area contributed by atoms with Crippen molar-refractivity contribution in [2.24, 2.45) is 7.05 Å². The van der Waals surface area contributed by atoms with Crippen LogP contribution in [0.2, 0.25) is 0 Å². The minimum Gasteiger partial charge on any atom is -0.489 e. The van der Waals surface area contributed by atoms with E-state index < -0.39 is 11.2 Å². The zero-order chi connectivity index (χ0) is 21.5. The van der Waals surface area contributed by atoms with E-state index in [0.29, 0.717) is 35.9 Å². The van der Waals surface area contributed by atoms with Gasteiger partial charge >= 0.3 is 5.69 Å². The molecule has 2 aromatic carbocycles. The Labute approximate surface area is 176 Å². The third-order valence-electron chi connectivity index (χ3n) is 5.32. The molecule has 5 aromatic rings. The maximum absolute atomic E-state index is 12.5. The lowest BCUT2D eigenvalue weighted by atomic mass is 10.2. The van der Waals surface area contributed by atoms with Crippen LogP contribution < -0.4 is 16.0 Å². The standard InChI is InChI=1S/C22H20N6O3/c1-3-27-17-19(29)23-22(30)26(2)20(17)28-18(24-25-21(27)28)15-9-11-16(12-10-15)31-13-14-7-5-4-6-8-14/h4-12H,3,13H2,1-2H3,(H,23,29,30). The van der Waals surface area contributed by atoms with Gasteiger partial charge in [0.2, 0.25) is 5.78 Å². The zero-order valence-electron chi connectivity index (χ0n) is 17.1. The highest BCUT2D eigenvalue weighted by atomic mass is 16.5. The molecule has 31 heavy (non-hydrogen) atoms. The molecule has 0 saturated heterocycles. The molecule has 3 heterocycles. The van der Waals surface area contributed by atoms with Crippen molar-refractivity contribution < 1.29 is 4.74 Å². The number of H-pyrrole nitrogens is 1. The second-order valence-electron chi connectivity index (χ2n) is 7.19. The average Bonchev–Trinajstić information content (AvgIpc) is 3.35. The van der Waals surface area contributed by atoms with Gasteiger partial charge in [-0.1, -0.05) is 30.3 Å². The van der Waals surface area contributed by atoms with Gasteiger partial charge in [0.05, 0.1) is 0 Å². The van der Waals surface area contributed by atoms with Crippen molar-refractivity contribution >= 4 is 16.9 Å². The monoisotopic (exact) mass is 416 g/mol. The maximum atomic E-state index is 12.5. The Balaban J connectivity index is 1.59. The van der Waals surface area contributed by atoms with Crippen LogP contribution in [-0.4, -0.2) is 28.7 Å². The Bertz CT molecular complexity index is 1510. The SMILES string of the molecule is CCn1c2c(=O)[nH]c(=O)n(C)c2n2c(-c3ccc(OCc4ccccc4)cc3)nnc12. The van der Waals surface area contributed by atoms with E-state index in [9.17, 15) is 9.59 Å². The molecule has 0 saturated carbocycles. The fourth-order valence-electron chi connectivity index (χ4n) is 3.77. The molecule has 0 aliphatic carbocycles. The number of nitrogens with zero attached hydrogens (tertiary/aromatic N) is 5. The van der Waals surface area contributed by atoms with E-state index in [0.717, 1.165) is 16.9 Å². The minimum atomic E-state index is -0.489. The molecular formula is C22H20N6O3. The summed E-state index contributed by atoms with van der Waals surface area (Å²) in [6, 6.07) is 17.4. The number of hydrogen-bond donors (Lipinski definition) is 1. The topological polar surface area (TPSA) is 99.2 Å². The molecular weight excluding hydrogens is 396 g/mol. The molecule has 9 heteroatoms. The number of ether oxygens (including phenoxy) is 1. The van der Waals surface area contributed by atoms with Crippen LogP contribution in [0.5, 0.6) is 5.75 Å². The molecule has 1 N–H and O–H groups in total. The quantitative estimate of drug-likeness (QED) is 0.474. The summed E-state index contributed by atoms with van der Waals surface area (Å²) in [6.45, 7) is 2.90. The predicted octanol–water partition coefficient (Wildman–Crippen LogP) is 2.34. The van der Waals surface area contributed by atoms with Crippen molar-refractivity contribution in [2.45, 2.75) is 20.1 Å². The number of hydrogen-bond acceptors (Lipinski definition) is 5. The number of aromatic nitrogens is 6. The second-order valence-corrected chi connectivity index (χ2v) is 7.19. The van der Waals surface area contributed by atoms with Gasteiger partial charge in [-0.25, -0.2) is 9.20 Å². The number of rotatable bonds is 5. The van der Waals surface area contributed by atoms with Crippen molar-refractivity contribution in [2.75, 3.05) is 0 Å². The van der Waals surface area contributed by atoms with Crippen LogP contribution >= 0.6 is 0 Å². The largest absolute Gasteiger partial charge is 0.489 e. The lowest BCUT2D eigenvalue weighted by Crippen LogP contribution is -2.29. The highest BCUT2D eigenvalue weighted by Gasteiger charge is 2.22. The van der Waals surface area contributed by atoms with Crippen LogP contribution in [0.15, 0.2) is 64.2 Å². The first-order valence-corrected chi connectivity index (χ1v) is 9.92. The summed E-state index contributed by atoms with van der Waals surface area (Å²) < 4.78 is 10.8. The second kappa shape index (κ2) is 7.28. The maximum Gasteiger partial charge on any atom is 0.329 e. The van der Waals surface area contributed by atoms with Gasteiger partial charge in [-0.15, -0.1) is 10.2 Å². The van der Waals surface area contributed by atoms with E-state index in [1.807, 2.05) is 61.5 Å². The molecule has 0 radical (unpaired) electrons. The van der Waals surface area contributed by atoms with Crippen LogP contribution in [0.25, 0.3) is 28.3 Å². The third kappa shape index (κ3) is 3.02. The van der Waals surface area contributed by atoms with E-state index in [1.54, 1.807) is 16.0 Å². The molecule has 0 bridgehead atoms. The predicted molar refractivity (Wildman–Crippen MR) is 116 cm³/mol. The molecule has 156 valence electrons. The van der Waals surface area contributed by atoms with Gasteiger partial charge in [-0.3, -0.25) is 14.3 Å². The van der Waals surface area contributed by atoms with Gasteiger partial charge in [0.15, 0.2) is 17.0 Å². The molecule has 0 aliphatic heterocycles. The first-order chi connectivity index (χ1) is 15.1. The normalized spacial score (nSPS) is 11.4. The molecule has 5 rings (SSSR count). The molecule has 0 aliphatic rings. The summed E-state index contributed by atoms with van der Waals surface area (Å²) in [4.78, 5) is 27.1. The van der Waals surface area contributed by atoms with Gasteiger partial charge in [0, 0.05) is 19.2 Å². The number of benzene rings is 2. The van der Waals surface area contributed by atoms with Gasteiger partial charge in [0.1, 0.15) is 12.4 Å². The van der Waals surface area contributed by atoms with E-state index >= 15 is 0 Å². The van der Waals surface area contributed by atoms with Crippen LogP contribution in [-0.2, 0) is 20.2 Å². The van der Waals surface area contributed by atoms with Gasteiger partial charge < -0.3 is 9.30 Å². The van der Waals surface area contributed by atoms with Gasteiger partial charge in [-0.05, 0) is 36.8 Å². The smallest absolute Gasteiger partial charge is 0.329 e. The third-order valence-corrected chi connectivity index (χ3v) is 5.32. The van der Waals surface area contributed by atoms with Gasteiger partial charge in [-0.2, -0.15) is 0 Å². The van der Waals surface area contributed by atoms with Crippen LogP contribution in [0.4, 0.5) is 0 Å². The highest BCUT2D eigenvalue weighted by Crippen LogP contribution is 2.26. The summed E-state index contributed by atoms with van der Waals surface area (Å²) >= 11 is 0. The van der Waals surface area contributed by atoms with Crippen LogP contribution in [0, 0.1) is 0 Å². The summed E-state index contributed by atoms with van der Waals surface area (Å²) in [7, 11) is 1.62. The molecule has 3 aromatic heterocycles. The number of fused-ring (bicyclic) bond motifs is 3. The fourth-order valence-corrected chi connectivity index (χ4v) is 3.77. The lowest BCUT2D eigenvalue weighted by molar-refractivity contribution is 0.306. The van der Waals surface area contributed by atoms with Crippen molar-refractivity contribution in [1.82, 2.24) is 28.7 Å². The average molecular weight is 416 g/mol. The molecule has 0 spiro atoms. The van der Waals surface area contributed by atoms with Crippen LogP contribution in [0.1, 0.15) is 12.5 Å². The van der Waals surface area contributed by atoms with Crippen LogP contribution in [0.3, 0.4) is 0 Å². The Kier molecular flexibility index (Phi) is 4.43. The molecule has 9 nitrogen and oxygen atoms in total. The first-order valence-electron chi connectivity index (χ1n) is 9.92. The zero-order valence-corrected chi connectivity index (χ0v) is 17.1. The van der Waals surface area contributed by atoms with Gasteiger partial charge in [0.25, 0.3) is 5.56 Å². The molecule has 0 amide bonds. The Hall–Kier alpha value is -4.14. The first kappa shape index (κ1) is 18.9. The summed E-state index contributed by atoms with van der Waals surface area (Å²) in [5.74, 6) is 1.78. The summed E-state index contributed by atoms with van der Waals surface area (Å²) in [5, 5.41) is 8.62. The number of nitrogens with one attached hydrogen (secondary N) is 1. The van der Waals surface area contributed by atoms with Crippen molar-refractivity contribution in [3.8, 4) is 17.1 Å². The number of imidazole rings is 1. The molecule has 0 atom stereocenters. The number of aryl methyl sites for hydroxylation is 2. The van der Waals surface area contributed by atoms with E-state index in [2.05, 4.69) is 15.2 Å². The summed E-state index contributed by atoms with van der Waals surface area (Å²) in [6.07, 6.45) is 0. The van der Waals surface area contributed by atoms with E-state index in [-0.39, 0.29) is 0 Å². The Morgan fingerprint density at radius 1 is 1.00 bits per heavy atom. The minimum absolute atomic E-state index is 0.388. The van der Waals surface area contributed by atoms with E-state index in [4.69, 9.17) is 4.74 Å². The van der Waals surface area contributed by atoms with Crippen molar-refractivity contribution in [3.05, 3.63) is 81.0 Å². The fraction of sp³-hybridized carbons (Fsp3) is 0.182. The lowest BCUT2D eigenvalue weighted by Gasteiger charge is -2.07. The number of aromatic amines is 1. The summed E-state index contributed by atoms with van der Waals surface area (Å²) in [5.41, 5.74) is 1.79. The molecule has 0 unspecified atom stereocenters.